The van der Waals surface area contributed by atoms with Crippen molar-refractivity contribution in [3.8, 4) is 0 Å². The summed E-state index contributed by atoms with van der Waals surface area (Å²) in [6, 6.07) is 7.87. The summed E-state index contributed by atoms with van der Waals surface area (Å²) in [4.78, 5) is 23.1. The molecule has 4 N–H and O–H groups in total. The van der Waals surface area contributed by atoms with Crippen LogP contribution < -0.4 is 16.4 Å². The molecule has 2 atom stereocenters. The summed E-state index contributed by atoms with van der Waals surface area (Å²) in [6.07, 6.45) is -0.435. The number of hydrogen-bond acceptors (Lipinski definition) is 4. The molecule has 1 aromatic rings. The molecule has 1 fully saturated rings. The van der Waals surface area contributed by atoms with E-state index in [9.17, 15) is 9.59 Å². The summed E-state index contributed by atoms with van der Waals surface area (Å²) in [5.41, 5.74) is 7.00. The number of benzene rings is 1. The van der Waals surface area contributed by atoms with Crippen LogP contribution in [0.5, 0.6) is 0 Å². The summed E-state index contributed by atoms with van der Waals surface area (Å²) < 4.78 is 5.20. The number of nitrogens with two attached hydrogens (primary N) is 1. The van der Waals surface area contributed by atoms with E-state index in [2.05, 4.69) is 10.6 Å². The van der Waals surface area contributed by atoms with E-state index in [1.165, 1.54) is 0 Å². The van der Waals surface area contributed by atoms with Gasteiger partial charge in [0.05, 0.1) is 5.92 Å². The molecule has 0 bridgehead atoms. The first-order chi connectivity index (χ1) is 10.8. The fourth-order valence-electron chi connectivity index (χ4n) is 2.70. The van der Waals surface area contributed by atoms with E-state index in [0.29, 0.717) is 13.1 Å². The van der Waals surface area contributed by atoms with Crippen LogP contribution in [0.3, 0.4) is 0 Å². The minimum absolute atomic E-state index is 0.111. The molecule has 0 aromatic heterocycles. The van der Waals surface area contributed by atoms with Crippen LogP contribution in [-0.2, 0) is 16.1 Å². The van der Waals surface area contributed by atoms with E-state index in [1.807, 2.05) is 45.0 Å². The van der Waals surface area contributed by atoms with Crippen LogP contribution in [0.25, 0.3) is 0 Å². The monoisotopic (exact) mass is 319 g/mol. The van der Waals surface area contributed by atoms with Crippen LogP contribution in [0.15, 0.2) is 24.3 Å². The quantitative estimate of drug-likeness (QED) is 0.784. The largest absolute Gasteiger partial charge is 0.444 e. The molecule has 23 heavy (non-hydrogen) atoms. The van der Waals surface area contributed by atoms with Gasteiger partial charge >= 0.3 is 6.09 Å². The number of hydrogen-bond donors (Lipinski definition) is 3. The molecule has 2 amide bonds. The van der Waals surface area contributed by atoms with Crippen molar-refractivity contribution in [2.24, 2.45) is 11.7 Å². The number of alkyl carbamates (subject to hydrolysis) is 1. The maximum Gasteiger partial charge on any atom is 0.407 e. The molecule has 1 aliphatic heterocycles. The number of nitrogens with one attached hydrogen (secondary N) is 2. The lowest BCUT2D eigenvalue weighted by Gasteiger charge is -2.20. The van der Waals surface area contributed by atoms with E-state index in [0.717, 1.165) is 17.7 Å². The van der Waals surface area contributed by atoms with Crippen molar-refractivity contribution in [1.82, 2.24) is 10.6 Å². The predicted molar refractivity (Wildman–Crippen MR) is 87.8 cm³/mol. The SMILES string of the molecule is CC(C)(C)OC(=O)NCc1ccc([C@H]2CNC[C@@H]2C(N)=O)cc1. The molecule has 0 unspecified atom stereocenters. The van der Waals surface area contributed by atoms with Gasteiger partial charge in [0.1, 0.15) is 5.60 Å². The molecule has 6 heteroatoms. The van der Waals surface area contributed by atoms with Crippen molar-refractivity contribution < 1.29 is 14.3 Å². The summed E-state index contributed by atoms with van der Waals surface area (Å²) in [6.45, 7) is 7.26. The molecule has 6 nitrogen and oxygen atoms in total. The average Bonchev–Trinajstić information content (AvgIpc) is 2.93. The molecule has 1 aliphatic rings. The summed E-state index contributed by atoms with van der Waals surface area (Å²) >= 11 is 0. The highest BCUT2D eigenvalue weighted by atomic mass is 16.6. The molecular weight excluding hydrogens is 294 g/mol. The van der Waals surface area contributed by atoms with Crippen LogP contribution in [0.4, 0.5) is 4.79 Å². The van der Waals surface area contributed by atoms with Gasteiger partial charge in [0.15, 0.2) is 0 Å². The molecule has 1 aromatic carbocycles. The highest BCUT2D eigenvalue weighted by molar-refractivity contribution is 5.78. The minimum atomic E-state index is -0.507. The fourth-order valence-corrected chi connectivity index (χ4v) is 2.70. The van der Waals surface area contributed by atoms with Crippen LogP contribution in [0.1, 0.15) is 37.8 Å². The van der Waals surface area contributed by atoms with Gasteiger partial charge in [-0.15, -0.1) is 0 Å². The first-order valence-corrected chi connectivity index (χ1v) is 7.82. The van der Waals surface area contributed by atoms with E-state index in [4.69, 9.17) is 10.5 Å². The second-order valence-electron chi connectivity index (χ2n) is 6.87. The summed E-state index contributed by atoms with van der Waals surface area (Å²) in [7, 11) is 0. The van der Waals surface area contributed by atoms with Gasteiger partial charge in [-0.1, -0.05) is 24.3 Å². The fraction of sp³-hybridized carbons (Fsp3) is 0.529. The first kappa shape index (κ1) is 17.3. The van der Waals surface area contributed by atoms with E-state index < -0.39 is 11.7 Å². The number of amides is 2. The Morgan fingerprint density at radius 3 is 2.48 bits per heavy atom. The van der Waals surface area contributed by atoms with Gasteiger partial charge in [-0.2, -0.15) is 0 Å². The minimum Gasteiger partial charge on any atom is -0.444 e. The normalized spacial score (nSPS) is 21.0. The van der Waals surface area contributed by atoms with Crippen molar-refractivity contribution in [2.75, 3.05) is 13.1 Å². The Morgan fingerprint density at radius 1 is 1.26 bits per heavy atom. The Balaban J connectivity index is 1.92. The van der Waals surface area contributed by atoms with Gasteiger partial charge in [0, 0.05) is 25.6 Å². The number of primary amides is 1. The van der Waals surface area contributed by atoms with Crippen molar-refractivity contribution in [2.45, 2.75) is 38.8 Å². The van der Waals surface area contributed by atoms with Gasteiger partial charge in [-0.05, 0) is 31.9 Å². The molecular formula is C17H25N3O3. The van der Waals surface area contributed by atoms with E-state index in [-0.39, 0.29) is 17.7 Å². The lowest BCUT2D eigenvalue weighted by molar-refractivity contribution is -0.121. The number of rotatable bonds is 4. The molecule has 0 aliphatic carbocycles. The van der Waals surface area contributed by atoms with Crippen molar-refractivity contribution in [1.29, 1.82) is 0 Å². The second kappa shape index (κ2) is 7.00. The lowest BCUT2D eigenvalue weighted by atomic mass is 9.88. The van der Waals surface area contributed by atoms with E-state index in [1.54, 1.807) is 0 Å². The molecule has 1 heterocycles. The topological polar surface area (TPSA) is 93.4 Å². The molecule has 0 spiro atoms. The molecule has 126 valence electrons. The number of carbonyl (C=O) groups is 2. The molecule has 0 radical (unpaired) electrons. The van der Waals surface area contributed by atoms with Gasteiger partial charge in [-0.3, -0.25) is 4.79 Å². The standard InChI is InChI=1S/C17H25N3O3/c1-17(2,3)23-16(22)20-8-11-4-6-12(7-5-11)13-9-19-10-14(13)15(18)21/h4-7,13-14,19H,8-10H2,1-3H3,(H2,18,21)(H,20,22)/t13-,14+/m1/s1. The van der Waals surface area contributed by atoms with Crippen LogP contribution in [-0.4, -0.2) is 30.7 Å². The number of carbonyl (C=O) groups excluding carboxylic acids is 2. The Hall–Kier alpha value is -2.08. The van der Waals surface area contributed by atoms with Gasteiger partial charge < -0.3 is 21.1 Å². The highest BCUT2D eigenvalue weighted by Crippen LogP contribution is 2.28. The average molecular weight is 319 g/mol. The van der Waals surface area contributed by atoms with Crippen LogP contribution in [0, 0.1) is 5.92 Å². The van der Waals surface area contributed by atoms with Crippen molar-refractivity contribution >= 4 is 12.0 Å². The van der Waals surface area contributed by atoms with Gasteiger partial charge in [-0.25, -0.2) is 4.79 Å². The zero-order chi connectivity index (χ0) is 17.0. The van der Waals surface area contributed by atoms with Crippen LogP contribution >= 0.6 is 0 Å². The smallest absolute Gasteiger partial charge is 0.407 e. The highest BCUT2D eigenvalue weighted by Gasteiger charge is 2.32. The molecule has 0 saturated carbocycles. The molecule has 2 rings (SSSR count). The Labute approximate surface area is 136 Å². The van der Waals surface area contributed by atoms with E-state index >= 15 is 0 Å². The van der Waals surface area contributed by atoms with Crippen molar-refractivity contribution in [3.63, 3.8) is 0 Å². The maximum absolute atomic E-state index is 11.6. The third-order valence-electron chi connectivity index (χ3n) is 3.82. The van der Waals surface area contributed by atoms with Crippen molar-refractivity contribution in [3.05, 3.63) is 35.4 Å². The Morgan fingerprint density at radius 2 is 1.91 bits per heavy atom. The van der Waals surface area contributed by atoms with Gasteiger partial charge in [0.25, 0.3) is 0 Å². The number of ether oxygens (including phenoxy) is 1. The first-order valence-electron chi connectivity index (χ1n) is 7.82. The lowest BCUT2D eigenvalue weighted by Crippen LogP contribution is -2.32. The zero-order valence-corrected chi connectivity index (χ0v) is 13.9. The maximum atomic E-state index is 11.6. The molecule has 1 saturated heterocycles. The third kappa shape index (κ3) is 4.96. The summed E-state index contributed by atoms with van der Waals surface area (Å²) in [5, 5.41) is 5.93. The van der Waals surface area contributed by atoms with Gasteiger partial charge in [0.2, 0.25) is 5.91 Å². The Kier molecular flexibility index (Phi) is 5.26. The Bertz CT molecular complexity index is 563. The third-order valence-corrected chi connectivity index (χ3v) is 3.82. The van der Waals surface area contributed by atoms with Crippen LogP contribution in [0.2, 0.25) is 0 Å². The predicted octanol–water partition coefficient (Wildman–Crippen LogP) is 1.50. The summed E-state index contributed by atoms with van der Waals surface area (Å²) in [5.74, 6) is -0.322. The zero-order valence-electron chi connectivity index (χ0n) is 13.9. The second-order valence-corrected chi connectivity index (χ2v) is 6.87.